The first kappa shape index (κ1) is 38.9. The zero-order valence-electron chi connectivity index (χ0n) is 27.1. The Bertz CT molecular complexity index is 1770. The minimum atomic E-state index is -6.18. The Morgan fingerprint density at radius 3 is 1.98 bits per heavy atom. The average Bonchev–Trinajstić information content (AvgIpc) is 3.56. The molecule has 2 amide bonds. The fourth-order valence-electron chi connectivity index (χ4n) is 6.62. The number of nitrogens with zero attached hydrogens (tertiary/aromatic N) is 3. The summed E-state index contributed by atoms with van der Waals surface area (Å²) in [6.45, 7) is -1.43. The van der Waals surface area contributed by atoms with Gasteiger partial charge in [0.2, 0.25) is 0 Å². The molecule has 2 atom stereocenters. The molecule has 0 aromatic heterocycles. The number of piperidine rings is 1. The van der Waals surface area contributed by atoms with Gasteiger partial charge in [-0.05, 0) is 61.2 Å². The summed E-state index contributed by atoms with van der Waals surface area (Å²) in [6, 6.07) is 9.12. The Kier molecular flexibility index (Phi) is 11.2. The Morgan fingerprint density at radius 2 is 1.46 bits per heavy atom. The van der Waals surface area contributed by atoms with Crippen molar-refractivity contribution in [1.29, 1.82) is 0 Å². The highest BCUT2D eigenvalue weighted by Gasteiger charge is 2.73. The zero-order chi connectivity index (χ0) is 38.1. The number of carbonyl (C=O) groups excluding carboxylic acids is 1. The Hall–Kier alpha value is -4.36. The summed E-state index contributed by atoms with van der Waals surface area (Å²) in [7, 11) is -2.12. The van der Waals surface area contributed by atoms with Crippen LogP contribution in [0.4, 0.5) is 44.3 Å². The number of nitrogens with two attached hydrogens (primary N) is 2. The molecule has 5 rings (SSSR count). The molecule has 0 aliphatic carbocycles. The summed E-state index contributed by atoms with van der Waals surface area (Å²) in [5, 5.41) is 3.61. The van der Waals surface area contributed by atoms with Gasteiger partial charge in [-0.1, -0.05) is 30.3 Å². The molecule has 2 aliphatic heterocycles. The molecule has 19 heteroatoms. The van der Waals surface area contributed by atoms with Gasteiger partial charge in [-0.25, -0.2) is 23.8 Å². The lowest BCUT2D eigenvalue weighted by Gasteiger charge is -2.38. The lowest BCUT2D eigenvalue weighted by molar-refractivity contribution is -0.392. The van der Waals surface area contributed by atoms with Crippen LogP contribution in [-0.2, 0) is 32.5 Å². The smallest absolute Gasteiger partial charge is 0.349 e. The van der Waals surface area contributed by atoms with Crippen molar-refractivity contribution in [2.45, 2.75) is 53.5 Å². The van der Waals surface area contributed by atoms with Gasteiger partial charge in [0.05, 0.1) is 22.2 Å². The molecule has 2 aliphatic rings. The number of alkyl halides is 6. The molecular formula is C33H33F9N6O3S. The molecule has 0 bridgehead atoms. The van der Waals surface area contributed by atoms with E-state index < -0.39 is 74.7 Å². The van der Waals surface area contributed by atoms with E-state index in [-0.39, 0.29) is 49.0 Å². The number of hydrazone groups is 1. The summed E-state index contributed by atoms with van der Waals surface area (Å²) in [5.41, 5.74) is -5.20. The number of nitrogens with one attached hydrogen (secondary N) is 1. The number of hydrogen-bond acceptors (Lipinski definition) is 6. The summed E-state index contributed by atoms with van der Waals surface area (Å²) < 4.78 is 147. The fraction of sp³-hybridized carbons (Fsp3) is 0.394. The number of urea groups is 1. The molecule has 5 N–H and O–H groups in total. The van der Waals surface area contributed by atoms with E-state index in [1.54, 1.807) is 0 Å². The van der Waals surface area contributed by atoms with E-state index in [1.165, 1.54) is 21.9 Å². The van der Waals surface area contributed by atoms with Crippen molar-refractivity contribution in [3.05, 3.63) is 101 Å². The molecule has 0 spiro atoms. The van der Waals surface area contributed by atoms with Crippen LogP contribution in [0.3, 0.4) is 0 Å². The quantitative estimate of drug-likeness (QED) is 0.0861. The van der Waals surface area contributed by atoms with Crippen LogP contribution in [0.15, 0.2) is 76.7 Å². The Balaban J connectivity index is 1.50. The lowest BCUT2D eigenvalue weighted by atomic mass is 9.88. The monoisotopic (exact) mass is 764 g/mol. The Labute approximate surface area is 294 Å². The van der Waals surface area contributed by atoms with E-state index in [9.17, 15) is 48.5 Å². The van der Waals surface area contributed by atoms with Crippen molar-refractivity contribution in [1.82, 2.24) is 15.2 Å². The summed E-state index contributed by atoms with van der Waals surface area (Å²) >= 11 is 0. The van der Waals surface area contributed by atoms with E-state index in [0.717, 1.165) is 30.3 Å². The predicted molar refractivity (Wildman–Crippen MR) is 171 cm³/mol. The second-order valence-electron chi connectivity index (χ2n) is 12.3. The van der Waals surface area contributed by atoms with Crippen molar-refractivity contribution in [2.24, 2.45) is 22.7 Å². The molecule has 52 heavy (non-hydrogen) atoms. The van der Waals surface area contributed by atoms with Crippen molar-refractivity contribution >= 4 is 22.7 Å². The van der Waals surface area contributed by atoms with Crippen LogP contribution in [0.1, 0.15) is 36.0 Å². The van der Waals surface area contributed by atoms with Gasteiger partial charge in [0.25, 0.3) is 5.60 Å². The van der Waals surface area contributed by atoms with E-state index in [2.05, 4.69) is 15.3 Å². The molecular weight excluding hydrogens is 731 g/mol. The summed E-state index contributed by atoms with van der Waals surface area (Å²) in [6.07, 6.45) is -11.5. The highest BCUT2D eigenvalue weighted by Crippen LogP contribution is 2.54. The number of hydrazine groups is 1. The number of rotatable bonds is 8. The van der Waals surface area contributed by atoms with E-state index in [4.69, 9.17) is 11.7 Å². The molecule has 9 nitrogen and oxygen atoms in total. The highest BCUT2D eigenvalue weighted by atomic mass is 32.2. The third-order valence-electron chi connectivity index (χ3n) is 9.43. The molecule has 0 saturated carbocycles. The van der Waals surface area contributed by atoms with Gasteiger partial charge in [-0.15, -0.1) is 0 Å². The summed E-state index contributed by atoms with van der Waals surface area (Å²) in [4.78, 5) is 16.7. The second-order valence-corrected chi connectivity index (χ2v) is 14.1. The van der Waals surface area contributed by atoms with Gasteiger partial charge in [0.15, 0.2) is 0 Å². The van der Waals surface area contributed by atoms with E-state index in [0.29, 0.717) is 42.9 Å². The van der Waals surface area contributed by atoms with Gasteiger partial charge < -0.3 is 25.8 Å². The van der Waals surface area contributed by atoms with Gasteiger partial charge in [0.1, 0.15) is 23.3 Å². The molecule has 3 aromatic rings. The number of amides is 2. The third-order valence-corrected chi connectivity index (χ3v) is 11.4. The van der Waals surface area contributed by atoms with Crippen molar-refractivity contribution in [3.63, 3.8) is 0 Å². The number of likely N-dealkylation sites (tertiary alicyclic amines) is 2. The summed E-state index contributed by atoms with van der Waals surface area (Å²) in [5.74, 6) is 7.57. The van der Waals surface area contributed by atoms with Crippen LogP contribution in [-0.4, -0.2) is 64.4 Å². The second kappa shape index (κ2) is 14.9. The molecule has 3 aromatic carbocycles. The van der Waals surface area contributed by atoms with Crippen LogP contribution >= 0.6 is 0 Å². The predicted octanol–water partition coefficient (Wildman–Crippen LogP) is 5.92. The van der Waals surface area contributed by atoms with Crippen molar-refractivity contribution in [3.8, 4) is 0 Å². The molecule has 2 saturated heterocycles. The fourth-order valence-corrected chi connectivity index (χ4v) is 8.36. The van der Waals surface area contributed by atoms with Crippen molar-refractivity contribution < 1.29 is 53.3 Å². The lowest BCUT2D eigenvalue weighted by Crippen LogP contribution is -2.56. The normalized spacial score (nSPS) is 19.9. The number of hydrogen-bond donors (Lipinski definition) is 3. The van der Waals surface area contributed by atoms with Gasteiger partial charge >= 0.3 is 18.4 Å². The van der Waals surface area contributed by atoms with Crippen LogP contribution in [0.2, 0.25) is 0 Å². The zero-order valence-corrected chi connectivity index (χ0v) is 27.9. The number of ether oxygens (including phenoxy) is 1. The van der Waals surface area contributed by atoms with Gasteiger partial charge in [-0.3, -0.25) is 4.21 Å². The first-order chi connectivity index (χ1) is 24.5. The van der Waals surface area contributed by atoms with Crippen LogP contribution in [0, 0.1) is 23.4 Å². The maximum Gasteiger partial charge on any atom is 0.430 e. The minimum Gasteiger partial charge on any atom is -0.349 e. The standard InChI is InChI=1S/C33H33F9N6O3S/c34-23-8-10-24(11-9-23)52(50)30(14-17-48(19-30)29(49)47-15-12-20(13-16-47)28(45-43)46-44)21-4-6-22(7-5-21)31(32(37,38)39,33(40,41)42)51-18-25-26(35)2-1-3-27(25)36/h1-11,20H,12-19,43-44H2,(H,45,46)/t30-,52?/m0/s1. The number of amidine groups is 1. The minimum absolute atomic E-state index is 0.0136. The van der Waals surface area contributed by atoms with Crippen LogP contribution in [0.5, 0.6) is 0 Å². The number of halogens is 9. The van der Waals surface area contributed by atoms with Gasteiger partial charge in [-0.2, -0.15) is 31.4 Å². The Morgan fingerprint density at radius 1 is 0.885 bits per heavy atom. The van der Waals surface area contributed by atoms with E-state index >= 15 is 0 Å². The maximum atomic E-state index is 14.6. The average molecular weight is 765 g/mol. The van der Waals surface area contributed by atoms with Crippen LogP contribution in [0.25, 0.3) is 0 Å². The number of benzene rings is 3. The third kappa shape index (κ3) is 7.17. The SMILES string of the molecule is N/N=C(\NN)C1CCN(C(=O)N2CC[C@](c3ccc(C(OCc4c(F)cccc4F)(C(F)(F)F)C(F)(F)F)cc3)(S(=O)c3ccc(F)cc3)C2)CC1. The molecule has 2 heterocycles. The largest absolute Gasteiger partial charge is 0.430 e. The maximum absolute atomic E-state index is 14.6. The van der Waals surface area contributed by atoms with Crippen LogP contribution < -0.4 is 17.1 Å². The first-order valence-electron chi connectivity index (χ1n) is 15.8. The molecule has 2 fully saturated rings. The molecule has 282 valence electrons. The highest BCUT2D eigenvalue weighted by molar-refractivity contribution is 7.86. The van der Waals surface area contributed by atoms with E-state index in [1.807, 2.05) is 0 Å². The molecule has 0 radical (unpaired) electrons. The number of carbonyl (C=O) groups is 1. The van der Waals surface area contributed by atoms with Gasteiger partial charge in [0, 0.05) is 48.1 Å². The topological polar surface area (TPSA) is 126 Å². The first-order valence-corrected chi connectivity index (χ1v) is 16.9. The van der Waals surface area contributed by atoms with Crippen molar-refractivity contribution in [2.75, 3.05) is 26.2 Å². The molecule has 1 unspecified atom stereocenters.